The van der Waals surface area contributed by atoms with Crippen molar-refractivity contribution in [3.8, 4) is 16.9 Å². The summed E-state index contributed by atoms with van der Waals surface area (Å²) in [7, 11) is 0. The van der Waals surface area contributed by atoms with Gasteiger partial charge in [0.15, 0.2) is 0 Å². The third kappa shape index (κ3) is 3.84. The number of nitrogens with one attached hydrogen (secondary N) is 1. The minimum absolute atomic E-state index is 0.709. The van der Waals surface area contributed by atoms with Gasteiger partial charge in [0.2, 0.25) is 0 Å². The smallest absolute Gasteiger partial charge is 0.124 e. The third-order valence-electron chi connectivity index (χ3n) is 5.99. The molecule has 5 rings (SSSR count). The van der Waals surface area contributed by atoms with E-state index in [2.05, 4.69) is 102 Å². The van der Waals surface area contributed by atoms with Crippen molar-refractivity contribution in [3.05, 3.63) is 90.8 Å². The molecule has 1 N–H and O–H groups in total. The zero-order valence-electron chi connectivity index (χ0n) is 18.0. The van der Waals surface area contributed by atoms with Crippen LogP contribution in [0.4, 0.5) is 0 Å². The first-order valence-corrected chi connectivity index (χ1v) is 11.2. The first-order chi connectivity index (χ1) is 15.3. The van der Waals surface area contributed by atoms with Gasteiger partial charge in [-0.15, -0.1) is 0 Å². The highest BCUT2D eigenvalue weighted by molar-refractivity contribution is 5.98. The number of hydrogen-bond donors (Lipinski definition) is 1. The SMILES string of the molecule is CCCc1c(OCCCn2ccc3ccccc32)ccc2c(-c3ccccc3)c[nH]c12. The van der Waals surface area contributed by atoms with Crippen LogP contribution in [0, 0.1) is 0 Å². The topological polar surface area (TPSA) is 29.9 Å². The normalized spacial score (nSPS) is 11.4. The summed E-state index contributed by atoms with van der Waals surface area (Å²) in [5, 5.41) is 2.56. The standard InChI is InChI=1S/C28H28N2O/c1-2-9-24-27(31-19-8-17-30-18-16-22-12-6-7-13-26(22)30)15-14-23-25(20-29-28(23)24)21-10-4-3-5-11-21/h3-7,10-16,18,20,29H,2,8-9,17,19H2,1H3. The van der Waals surface area contributed by atoms with Gasteiger partial charge in [0.1, 0.15) is 5.75 Å². The number of aromatic nitrogens is 2. The summed E-state index contributed by atoms with van der Waals surface area (Å²) in [6.07, 6.45) is 7.36. The van der Waals surface area contributed by atoms with Crippen LogP contribution in [0.15, 0.2) is 85.2 Å². The van der Waals surface area contributed by atoms with Gasteiger partial charge in [0, 0.05) is 41.0 Å². The predicted octanol–water partition coefficient (Wildman–Crippen LogP) is 7.21. The predicted molar refractivity (Wildman–Crippen MR) is 130 cm³/mol. The molecule has 0 unspecified atom stereocenters. The van der Waals surface area contributed by atoms with Gasteiger partial charge in [-0.3, -0.25) is 0 Å². The third-order valence-corrected chi connectivity index (χ3v) is 5.99. The van der Waals surface area contributed by atoms with Crippen LogP contribution in [-0.4, -0.2) is 16.2 Å². The minimum atomic E-state index is 0.709. The lowest BCUT2D eigenvalue weighted by Gasteiger charge is -2.13. The molecule has 5 aromatic rings. The molecule has 0 radical (unpaired) electrons. The number of para-hydroxylation sites is 1. The van der Waals surface area contributed by atoms with Gasteiger partial charge >= 0.3 is 0 Å². The van der Waals surface area contributed by atoms with E-state index in [1.807, 2.05) is 0 Å². The van der Waals surface area contributed by atoms with Gasteiger partial charge < -0.3 is 14.3 Å². The van der Waals surface area contributed by atoms with Crippen LogP contribution < -0.4 is 4.74 Å². The molecule has 0 saturated heterocycles. The number of benzene rings is 3. The van der Waals surface area contributed by atoms with E-state index in [4.69, 9.17) is 4.74 Å². The van der Waals surface area contributed by atoms with Crippen molar-refractivity contribution < 1.29 is 4.74 Å². The average Bonchev–Trinajstić information content (AvgIpc) is 3.43. The molecule has 2 heterocycles. The highest BCUT2D eigenvalue weighted by atomic mass is 16.5. The second kappa shape index (κ2) is 8.73. The number of nitrogens with zero attached hydrogens (tertiary/aromatic N) is 1. The number of H-pyrrole nitrogens is 1. The van der Waals surface area contributed by atoms with Crippen molar-refractivity contribution in [1.29, 1.82) is 0 Å². The maximum absolute atomic E-state index is 6.29. The van der Waals surface area contributed by atoms with Crippen LogP contribution in [0.2, 0.25) is 0 Å². The van der Waals surface area contributed by atoms with E-state index in [1.165, 1.54) is 38.5 Å². The van der Waals surface area contributed by atoms with Gasteiger partial charge in [-0.25, -0.2) is 0 Å². The van der Waals surface area contributed by atoms with Crippen molar-refractivity contribution >= 4 is 21.8 Å². The van der Waals surface area contributed by atoms with Crippen molar-refractivity contribution in [3.63, 3.8) is 0 Å². The summed E-state index contributed by atoms with van der Waals surface area (Å²) in [4.78, 5) is 3.53. The van der Waals surface area contributed by atoms with Crippen molar-refractivity contribution in [2.45, 2.75) is 32.7 Å². The Bertz CT molecular complexity index is 1300. The second-order valence-electron chi connectivity index (χ2n) is 8.05. The molecule has 0 aliphatic heterocycles. The maximum Gasteiger partial charge on any atom is 0.124 e. The van der Waals surface area contributed by atoms with Crippen LogP contribution >= 0.6 is 0 Å². The van der Waals surface area contributed by atoms with Crippen LogP contribution in [0.5, 0.6) is 5.75 Å². The van der Waals surface area contributed by atoms with Crippen molar-refractivity contribution in [2.24, 2.45) is 0 Å². The molecule has 31 heavy (non-hydrogen) atoms. The summed E-state index contributed by atoms with van der Waals surface area (Å²) >= 11 is 0. The second-order valence-corrected chi connectivity index (χ2v) is 8.05. The van der Waals surface area contributed by atoms with Crippen LogP contribution in [0.3, 0.4) is 0 Å². The molecule has 0 amide bonds. The fourth-order valence-electron chi connectivity index (χ4n) is 4.48. The maximum atomic E-state index is 6.29. The Morgan fingerprint density at radius 1 is 0.903 bits per heavy atom. The largest absolute Gasteiger partial charge is 0.493 e. The van der Waals surface area contributed by atoms with E-state index < -0.39 is 0 Å². The molecule has 0 atom stereocenters. The van der Waals surface area contributed by atoms with Gasteiger partial charge in [-0.05, 0) is 48.1 Å². The van der Waals surface area contributed by atoms with Crippen LogP contribution in [0.1, 0.15) is 25.3 Å². The number of rotatable bonds is 8. The van der Waals surface area contributed by atoms with E-state index in [1.54, 1.807) is 0 Å². The molecule has 0 saturated carbocycles. The first-order valence-electron chi connectivity index (χ1n) is 11.2. The molecule has 2 aromatic heterocycles. The lowest BCUT2D eigenvalue weighted by Crippen LogP contribution is -2.05. The first kappa shape index (κ1) is 19.5. The highest BCUT2D eigenvalue weighted by Gasteiger charge is 2.13. The van der Waals surface area contributed by atoms with E-state index in [0.29, 0.717) is 6.61 Å². The zero-order valence-corrected chi connectivity index (χ0v) is 18.0. The number of aryl methyl sites for hydroxylation is 2. The Hall–Kier alpha value is -3.46. The molecule has 0 aliphatic rings. The number of aromatic amines is 1. The molecule has 0 spiro atoms. The molecule has 0 bridgehead atoms. The number of hydrogen-bond acceptors (Lipinski definition) is 1. The van der Waals surface area contributed by atoms with Crippen LogP contribution in [-0.2, 0) is 13.0 Å². The Morgan fingerprint density at radius 3 is 2.61 bits per heavy atom. The molecule has 3 heteroatoms. The van der Waals surface area contributed by atoms with Gasteiger partial charge in [-0.2, -0.15) is 0 Å². The lowest BCUT2D eigenvalue weighted by atomic mass is 10.0. The van der Waals surface area contributed by atoms with E-state index in [0.717, 1.165) is 31.6 Å². The molecule has 3 aromatic carbocycles. The van der Waals surface area contributed by atoms with Gasteiger partial charge in [0.25, 0.3) is 0 Å². The summed E-state index contributed by atoms with van der Waals surface area (Å²) in [6.45, 7) is 3.89. The summed E-state index contributed by atoms with van der Waals surface area (Å²) < 4.78 is 8.60. The molecule has 0 aliphatic carbocycles. The molecule has 156 valence electrons. The number of ether oxygens (including phenoxy) is 1. The summed E-state index contributed by atoms with van der Waals surface area (Å²) in [6, 6.07) is 25.6. The summed E-state index contributed by atoms with van der Waals surface area (Å²) in [5.74, 6) is 1.01. The average molecular weight is 409 g/mol. The van der Waals surface area contributed by atoms with Crippen molar-refractivity contribution in [1.82, 2.24) is 9.55 Å². The Labute approximate surface area is 183 Å². The van der Waals surface area contributed by atoms with Gasteiger partial charge in [-0.1, -0.05) is 61.9 Å². The van der Waals surface area contributed by atoms with Crippen LogP contribution in [0.25, 0.3) is 32.9 Å². The minimum Gasteiger partial charge on any atom is -0.493 e. The Morgan fingerprint density at radius 2 is 1.74 bits per heavy atom. The fraction of sp³-hybridized carbons (Fsp3) is 0.214. The quantitative estimate of drug-likeness (QED) is 0.270. The number of fused-ring (bicyclic) bond motifs is 2. The molecular weight excluding hydrogens is 380 g/mol. The van der Waals surface area contributed by atoms with E-state index in [9.17, 15) is 0 Å². The molecule has 3 nitrogen and oxygen atoms in total. The molecular formula is C28H28N2O. The van der Waals surface area contributed by atoms with Crippen molar-refractivity contribution in [2.75, 3.05) is 6.61 Å². The fourth-order valence-corrected chi connectivity index (χ4v) is 4.48. The highest BCUT2D eigenvalue weighted by Crippen LogP contribution is 2.35. The van der Waals surface area contributed by atoms with Gasteiger partial charge in [0.05, 0.1) is 12.1 Å². The lowest BCUT2D eigenvalue weighted by molar-refractivity contribution is 0.300. The van der Waals surface area contributed by atoms with E-state index in [-0.39, 0.29) is 0 Å². The van der Waals surface area contributed by atoms with E-state index >= 15 is 0 Å². The Kier molecular flexibility index (Phi) is 5.49. The zero-order chi connectivity index (χ0) is 21.0. The summed E-state index contributed by atoms with van der Waals surface area (Å²) in [5.41, 5.74) is 6.27. The monoisotopic (exact) mass is 408 g/mol. The molecule has 0 fully saturated rings. The Balaban J connectivity index is 1.34.